The average Bonchev–Trinajstić information content (AvgIpc) is 2.97. The highest BCUT2D eigenvalue weighted by Crippen LogP contribution is 2.44. The number of ether oxygens (including phenoxy) is 1. The molecule has 0 spiro atoms. The van der Waals surface area contributed by atoms with Crippen molar-refractivity contribution in [2.45, 2.75) is 18.4 Å². The Labute approximate surface area is 94.0 Å². The van der Waals surface area contributed by atoms with E-state index in [0.717, 1.165) is 12.8 Å². The second kappa shape index (κ2) is 3.59. The van der Waals surface area contributed by atoms with Crippen molar-refractivity contribution in [3.05, 3.63) is 18.5 Å². The van der Waals surface area contributed by atoms with Gasteiger partial charge in [-0.15, -0.1) is 0 Å². The number of rotatable bonds is 2. The van der Waals surface area contributed by atoms with E-state index in [4.69, 9.17) is 4.74 Å². The molecule has 0 unspecified atom stereocenters. The lowest BCUT2D eigenvalue weighted by atomic mass is 10.2. The fourth-order valence-electron chi connectivity index (χ4n) is 2.24. The lowest BCUT2D eigenvalue weighted by Crippen LogP contribution is -2.47. The molecule has 1 aliphatic carbocycles. The van der Waals surface area contributed by atoms with Crippen LogP contribution in [0, 0.1) is 0 Å². The van der Waals surface area contributed by atoms with Crippen LogP contribution in [-0.2, 0) is 15.1 Å². The molecule has 1 aromatic rings. The van der Waals surface area contributed by atoms with Gasteiger partial charge >= 0.3 is 0 Å². The fourth-order valence-corrected chi connectivity index (χ4v) is 2.24. The van der Waals surface area contributed by atoms with Gasteiger partial charge in [-0.05, 0) is 18.9 Å². The number of carbonyl (C=O) groups is 1. The van der Waals surface area contributed by atoms with E-state index in [1.165, 1.54) is 0 Å². The highest BCUT2D eigenvalue weighted by molar-refractivity contribution is 5.87. The van der Waals surface area contributed by atoms with Crippen molar-refractivity contribution >= 4 is 5.91 Å². The average molecular weight is 221 g/mol. The van der Waals surface area contributed by atoms with Gasteiger partial charge in [-0.3, -0.25) is 9.48 Å². The Morgan fingerprint density at radius 1 is 1.31 bits per heavy atom. The van der Waals surface area contributed by atoms with Crippen LogP contribution < -0.4 is 0 Å². The van der Waals surface area contributed by atoms with Crippen LogP contribution in [-0.4, -0.2) is 46.9 Å². The minimum absolute atomic E-state index is 0.208. The van der Waals surface area contributed by atoms with Gasteiger partial charge in [-0.1, -0.05) is 0 Å². The number of aromatic nitrogens is 2. The van der Waals surface area contributed by atoms with Crippen LogP contribution in [0.3, 0.4) is 0 Å². The molecule has 0 N–H and O–H groups in total. The zero-order valence-electron chi connectivity index (χ0n) is 9.13. The highest BCUT2D eigenvalue weighted by atomic mass is 16.5. The largest absolute Gasteiger partial charge is 0.378 e. The zero-order valence-corrected chi connectivity index (χ0v) is 9.13. The Morgan fingerprint density at radius 3 is 2.62 bits per heavy atom. The molecule has 1 saturated carbocycles. The first-order valence-corrected chi connectivity index (χ1v) is 5.70. The first kappa shape index (κ1) is 9.84. The molecule has 0 radical (unpaired) electrons. The van der Waals surface area contributed by atoms with Gasteiger partial charge in [0.15, 0.2) is 0 Å². The molecule has 5 heteroatoms. The van der Waals surface area contributed by atoms with Gasteiger partial charge in [0.1, 0.15) is 5.54 Å². The molecule has 0 aromatic carbocycles. The normalized spacial score (nSPS) is 23.1. The molecule has 2 heterocycles. The summed E-state index contributed by atoms with van der Waals surface area (Å²) >= 11 is 0. The summed E-state index contributed by atoms with van der Waals surface area (Å²) in [6, 6.07) is 1.87. The molecule has 0 atom stereocenters. The van der Waals surface area contributed by atoms with Crippen LogP contribution in [0.15, 0.2) is 18.5 Å². The molecular formula is C11H15N3O2. The van der Waals surface area contributed by atoms with Crippen LogP contribution in [0.2, 0.25) is 0 Å². The Morgan fingerprint density at radius 2 is 2.06 bits per heavy atom. The van der Waals surface area contributed by atoms with Gasteiger partial charge in [0.25, 0.3) is 5.91 Å². The van der Waals surface area contributed by atoms with E-state index in [-0.39, 0.29) is 11.4 Å². The molecule has 1 aliphatic heterocycles. The molecule has 2 aliphatic rings. The Balaban J connectivity index is 1.79. The predicted molar refractivity (Wildman–Crippen MR) is 56.8 cm³/mol. The lowest BCUT2D eigenvalue weighted by molar-refractivity contribution is -0.140. The van der Waals surface area contributed by atoms with Crippen molar-refractivity contribution in [2.24, 2.45) is 0 Å². The predicted octanol–water partition coefficient (Wildman–Crippen LogP) is 0.231. The van der Waals surface area contributed by atoms with Crippen molar-refractivity contribution in [1.29, 1.82) is 0 Å². The first-order chi connectivity index (χ1) is 7.83. The third-order valence-electron chi connectivity index (χ3n) is 3.36. The summed E-state index contributed by atoms with van der Waals surface area (Å²) < 4.78 is 7.07. The van der Waals surface area contributed by atoms with Gasteiger partial charge in [-0.2, -0.15) is 5.10 Å². The minimum Gasteiger partial charge on any atom is -0.378 e. The van der Waals surface area contributed by atoms with E-state index >= 15 is 0 Å². The van der Waals surface area contributed by atoms with Crippen molar-refractivity contribution in [1.82, 2.24) is 14.7 Å². The summed E-state index contributed by atoms with van der Waals surface area (Å²) in [7, 11) is 0. The van der Waals surface area contributed by atoms with Gasteiger partial charge in [-0.25, -0.2) is 0 Å². The van der Waals surface area contributed by atoms with E-state index in [1.54, 1.807) is 6.20 Å². The Hall–Kier alpha value is -1.36. The highest BCUT2D eigenvalue weighted by Gasteiger charge is 2.54. The SMILES string of the molecule is O=C(N1CCOCC1)C1(n2cccn2)CC1. The quantitative estimate of drug-likeness (QED) is 0.718. The Bertz CT molecular complexity index is 378. The lowest BCUT2D eigenvalue weighted by Gasteiger charge is -2.30. The standard InChI is InChI=1S/C11H15N3O2/c15-10(13-6-8-16-9-7-13)11(2-3-11)14-5-1-4-12-14/h1,4-5H,2-3,6-9H2. The fraction of sp³-hybridized carbons (Fsp3) is 0.636. The van der Waals surface area contributed by atoms with E-state index in [0.29, 0.717) is 26.3 Å². The summed E-state index contributed by atoms with van der Waals surface area (Å²) in [5.41, 5.74) is -0.374. The molecule has 1 amide bonds. The number of amides is 1. The Kier molecular flexibility index (Phi) is 2.21. The van der Waals surface area contributed by atoms with E-state index in [9.17, 15) is 4.79 Å². The maximum atomic E-state index is 12.4. The van der Waals surface area contributed by atoms with E-state index < -0.39 is 0 Å². The molecule has 0 bridgehead atoms. The molecule has 16 heavy (non-hydrogen) atoms. The van der Waals surface area contributed by atoms with E-state index in [1.807, 2.05) is 21.8 Å². The van der Waals surface area contributed by atoms with Gasteiger partial charge in [0.05, 0.1) is 13.2 Å². The van der Waals surface area contributed by atoms with Gasteiger partial charge in [0.2, 0.25) is 0 Å². The van der Waals surface area contributed by atoms with Crippen molar-refractivity contribution in [2.75, 3.05) is 26.3 Å². The summed E-state index contributed by atoms with van der Waals surface area (Å²) in [6.07, 6.45) is 5.42. The van der Waals surface area contributed by atoms with Crippen LogP contribution in [0.4, 0.5) is 0 Å². The topological polar surface area (TPSA) is 47.4 Å². The van der Waals surface area contributed by atoms with Crippen molar-refractivity contribution in [3.8, 4) is 0 Å². The molecule has 5 nitrogen and oxygen atoms in total. The number of carbonyl (C=O) groups excluding carboxylic acids is 1. The molecule has 1 aromatic heterocycles. The first-order valence-electron chi connectivity index (χ1n) is 5.70. The molecular weight excluding hydrogens is 206 g/mol. The van der Waals surface area contributed by atoms with Gasteiger partial charge in [0, 0.05) is 25.5 Å². The van der Waals surface area contributed by atoms with Crippen LogP contribution >= 0.6 is 0 Å². The smallest absolute Gasteiger partial charge is 0.250 e. The third-order valence-corrected chi connectivity index (χ3v) is 3.36. The zero-order chi connectivity index (χ0) is 11.0. The summed E-state index contributed by atoms with van der Waals surface area (Å²) in [5, 5.41) is 4.20. The molecule has 86 valence electrons. The summed E-state index contributed by atoms with van der Waals surface area (Å²) in [5.74, 6) is 0.208. The number of nitrogens with zero attached hydrogens (tertiary/aromatic N) is 3. The maximum absolute atomic E-state index is 12.4. The van der Waals surface area contributed by atoms with Gasteiger partial charge < -0.3 is 9.64 Å². The maximum Gasteiger partial charge on any atom is 0.250 e. The number of hydrogen-bond donors (Lipinski definition) is 0. The monoisotopic (exact) mass is 221 g/mol. The summed E-state index contributed by atoms with van der Waals surface area (Å²) in [6.45, 7) is 2.73. The second-order valence-electron chi connectivity index (χ2n) is 4.39. The number of morpholine rings is 1. The minimum atomic E-state index is -0.374. The van der Waals surface area contributed by atoms with Crippen LogP contribution in [0.25, 0.3) is 0 Å². The van der Waals surface area contributed by atoms with Crippen molar-refractivity contribution < 1.29 is 9.53 Å². The molecule has 2 fully saturated rings. The molecule has 1 saturated heterocycles. The number of hydrogen-bond acceptors (Lipinski definition) is 3. The third kappa shape index (κ3) is 1.43. The van der Waals surface area contributed by atoms with Crippen LogP contribution in [0.1, 0.15) is 12.8 Å². The van der Waals surface area contributed by atoms with Crippen LogP contribution in [0.5, 0.6) is 0 Å². The molecule has 3 rings (SSSR count). The summed E-state index contributed by atoms with van der Waals surface area (Å²) in [4.78, 5) is 14.3. The second-order valence-corrected chi connectivity index (χ2v) is 4.39. The van der Waals surface area contributed by atoms with E-state index in [2.05, 4.69) is 5.10 Å². The van der Waals surface area contributed by atoms with Crippen molar-refractivity contribution in [3.63, 3.8) is 0 Å².